The van der Waals surface area contributed by atoms with E-state index < -0.39 is 23.4 Å². The molecule has 0 radical (unpaired) electrons. The van der Waals surface area contributed by atoms with Gasteiger partial charge in [0.15, 0.2) is 0 Å². The fourth-order valence-corrected chi connectivity index (χ4v) is 2.60. The Hall–Kier alpha value is -1.92. The minimum Gasteiger partial charge on any atom is -0.352 e. The van der Waals surface area contributed by atoms with E-state index in [0.29, 0.717) is 11.1 Å². The zero-order valence-electron chi connectivity index (χ0n) is 14.3. The second kappa shape index (κ2) is 7.32. The quantitative estimate of drug-likeness (QED) is 0.786. The van der Waals surface area contributed by atoms with Crippen LogP contribution in [-0.4, -0.2) is 40.7 Å². The summed E-state index contributed by atoms with van der Waals surface area (Å²) in [5.74, 6) is -1.43. The maximum Gasteiger partial charge on any atom is 0.262 e. The number of carbonyl (C=O) groups excluding carboxylic acids is 3. The molecule has 24 heavy (non-hydrogen) atoms. The predicted molar refractivity (Wildman–Crippen MR) is 94.1 cm³/mol. The van der Waals surface area contributed by atoms with Crippen LogP contribution in [0.25, 0.3) is 0 Å². The summed E-state index contributed by atoms with van der Waals surface area (Å²) in [7, 11) is 0. The zero-order chi connectivity index (χ0) is 17.4. The van der Waals surface area contributed by atoms with Gasteiger partial charge in [-0.2, -0.15) is 0 Å². The number of nitrogens with zero attached hydrogens (tertiary/aromatic N) is 1. The molecule has 1 heterocycles. The predicted octanol–water partition coefficient (Wildman–Crippen LogP) is 1.58. The third kappa shape index (κ3) is 3.94. The molecule has 132 valence electrons. The first kappa shape index (κ1) is 20.1. The van der Waals surface area contributed by atoms with Crippen LogP contribution in [0.5, 0.6) is 0 Å². The Labute approximate surface area is 148 Å². The normalized spacial score (nSPS) is 15.2. The van der Waals surface area contributed by atoms with E-state index in [9.17, 15) is 14.4 Å². The molecule has 2 rings (SSSR count). The number of fused-ring (bicyclic) bond motifs is 1. The number of nitrogens with one attached hydrogen (secondary N) is 1. The van der Waals surface area contributed by atoms with Crippen LogP contribution in [0.2, 0.25) is 0 Å². The summed E-state index contributed by atoms with van der Waals surface area (Å²) < 4.78 is 0. The van der Waals surface area contributed by atoms with Crippen molar-refractivity contribution in [1.82, 2.24) is 10.2 Å². The highest BCUT2D eigenvalue weighted by Gasteiger charge is 2.43. The van der Waals surface area contributed by atoms with E-state index in [2.05, 4.69) is 5.32 Å². The van der Waals surface area contributed by atoms with Gasteiger partial charge in [0.05, 0.1) is 11.1 Å². The van der Waals surface area contributed by atoms with E-state index in [1.54, 1.807) is 52.0 Å². The van der Waals surface area contributed by atoms with Gasteiger partial charge in [0.2, 0.25) is 5.91 Å². The Balaban J connectivity index is 0.00000288. The molecule has 1 aromatic carbocycles. The smallest absolute Gasteiger partial charge is 0.262 e. The number of imide groups is 1. The molecule has 1 aromatic rings. The van der Waals surface area contributed by atoms with Crippen molar-refractivity contribution in [2.75, 3.05) is 6.54 Å². The van der Waals surface area contributed by atoms with E-state index in [-0.39, 0.29) is 30.8 Å². The van der Waals surface area contributed by atoms with E-state index in [1.165, 1.54) is 0 Å². The van der Waals surface area contributed by atoms with Gasteiger partial charge in [0.25, 0.3) is 11.8 Å². The lowest BCUT2D eigenvalue weighted by atomic mass is 10.0. The molecule has 0 bridgehead atoms. The molecule has 3 N–H and O–H groups in total. The van der Waals surface area contributed by atoms with Crippen molar-refractivity contribution in [2.24, 2.45) is 11.7 Å². The van der Waals surface area contributed by atoms with Crippen LogP contribution in [0.4, 0.5) is 0 Å². The minimum atomic E-state index is -0.857. The molecule has 7 heteroatoms. The molecule has 1 atom stereocenters. The molecule has 1 aliphatic heterocycles. The van der Waals surface area contributed by atoms with Gasteiger partial charge >= 0.3 is 0 Å². The van der Waals surface area contributed by atoms with Crippen molar-refractivity contribution in [1.29, 1.82) is 0 Å². The number of halogens is 1. The number of hydrogen-bond acceptors (Lipinski definition) is 4. The summed E-state index contributed by atoms with van der Waals surface area (Å²) in [6.45, 7) is 7.46. The van der Waals surface area contributed by atoms with Gasteiger partial charge in [-0.1, -0.05) is 26.0 Å². The summed E-state index contributed by atoms with van der Waals surface area (Å²) in [4.78, 5) is 38.7. The fraction of sp³-hybridized carbons (Fsp3) is 0.471. The molecule has 0 aliphatic carbocycles. The first-order chi connectivity index (χ1) is 10.6. The Morgan fingerprint density at radius 2 is 1.62 bits per heavy atom. The van der Waals surface area contributed by atoms with Gasteiger partial charge in [0, 0.05) is 12.1 Å². The van der Waals surface area contributed by atoms with Gasteiger partial charge < -0.3 is 11.1 Å². The van der Waals surface area contributed by atoms with Crippen molar-refractivity contribution in [3.8, 4) is 0 Å². The average Bonchev–Trinajstić information content (AvgIpc) is 2.70. The summed E-state index contributed by atoms with van der Waals surface area (Å²) in [6, 6.07) is 5.76. The van der Waals surface area contributed by atoms with Crippen LogP contribution >= 0.6 is 12.4 Å². The molecule has 0 aromatic heterocycles. The SMILES string of the molecule is CC(C)C(C(=O)NCC(C)(C)N)N1C(=O)c2ccccc2C1=O.Cl. The molecule has 1 aliphatic rings. The summed E-state index contributed by atoms with van der Waals surface area (Å²) in [6.07, 6.45) is 0. The fourth-order valence-electron chi connectivity index (χ4n) is 2.60. The first-order valence-electron chi connectivity index (χ1n) is 7.67. The average molecular weight is 354 g/mol. The van der Waals surface area contributed by atoms with Gasteiger partial charge in [-0.15, -0.1) is 12.4 Å². The van der Waals surface area contributed by atoms with Crippen LogP contribution in [0.1, 0.15) is 48.4 Å². The van der Waals surface area contributed by atoms with Gasteiger partial charge in [-0.25, -0.2) is 0 Å². The molecule has 6 nitrogen and oxygen atoms in total. The maximum atomic E-state index is 12.6. The Bertz CT molecular complexity index is 618. The van der Waals surface area contributed by atoms with Crippen LogP contribution in [-0.2, 0) is 4.79 Å². The third-order valence-electron chi connectivity index (χ3n) is 3.72. The van der Waals surface area contributed by atoms with Crippen molar-refractivity contribution in [2.45, 2.75) is 39.3 Å². The van der Waals surface area contributed by atoms with Gasteiger partial charge in [-0.3, -0.25) is 19.3 Å². The van der Waals surface area contributed by atoms with Crippen molar-refractivity contribution in [3.05, 3.63) is 35.4 Å². The van der Waals surface area contributed by atoms with Crippen molar-refractivity contribution < 1.29 is 14.4 Å². The Kier molecular flexibility index (Phi) is 6.14. The van der Waals surface area contributed by atoms with E-state index in [4.69, 9.17) is 5.73 Å². The Morgan fingerprint density at radius 3 is 2.00 bits per heavy atom. The third-order valence-corrected chi connectivity index (χ3v) is 3.72. The highest BCUT2D eigenvalue weighted by atomic mass is 35.5. The van der Waals surface area contributed by atoms with Crippen LogP contribution in [0.15, 0.2) is 24.3 Å². The number of rotatable bonds is 5. The number of carbonyl (C=O) groups is 3. The number of amides is 3. The number of hydrogen-bond donors (Lipinski definition) is 2. The zero-order valence-corrected chi connectivity index (χ0v) is 15.1. The summed E-state index contributed by atoms with van der Waals surface area (Å²) >= 11 is 0. The lowest BCUT2D eigenvalue weighted by Crippen LogP contribution is -2.55. The molecular formula is C17H24ClN3O3. The van der Waals surface area contributed by atoms with E-state index in [1.807, 2.05) is 0 Å². The van der Waals surface area contributed by atoms with Crippen molar-refractivity contribution >= 4 is 30.1 Å². The lowest BCUT2D eigenvalue weighted by molar-refractivity contribution is -0.126. The summed E-state index contributed by atoms with van der Waals surface area (Å²) in [5.41, 5.74) is 5.99. The standard InChI is InChI=1S/C17H23N3O3.ClH/c1-10(2)13(14(21)19-9-17(3,4)18)20-15(22)11-7-5-6-8-12(11)16(20)23;/h5-8,10,13H,9,18H2,1-4H3,(H,19,21);1H. The van der Waals surface area contributed by atoms with Gasteiger partial charge in [0.1, 0.15) is 6.04 Å². The molecule has 3 amide bonds. The maximum absolute atomic E-state index is 12.6. The molecule has 0 fully saturated rings. The van der Waals surface area contributed by atoms with E-state index >= 15 is 0 Å². The van der Waals surface area contributed by atoms with Crippen molar-refractivity contribution in [3.63, 3.8) is 0 Å². The molecular weight excluding hydrogens is 330 g/mol. The van der Waals surface area contributed by atoms with Crippen LogP contribution in [0.3, 0.4) is 0 Å². The topological polar surface area (TPSA) is 92.5 Å². The molecule has 0 saturated heterocycles. The monoisotopic (exact) mass is 353 g/mol. The van der Waals surface area contributed by atoms with E-state index in [0.717, 1.165) is 4.90 Å². The first-order valence-corrected chi connectivity index (χ1v) is 7.67. The van der Waals surface area contributed by atoms with Gasteiger partial charge in [-0.05, 0) is 31.9 Å². The molecule has 0 spiro atoms. The lowest BCUT2D eigenvalue weighted by Gasteiger charge is -2.29. The van der Waals surface area contributed by atoms with Crippen LogP contribution in [0, 0.1) is 5.92 Å². The number of benzene rings is 1. The highest BCUT2D eigenvalue weighted by Crippen LogP contribution is 2.27. The largest absolute Gasteiger partial charge is 0.352 e. The molecule has 0 saturated carbocycles. The second-order valence-corrected chi connectivity index (χ2v) is 6.92. The number of nitrogens with two attached hydrogens (primary N) is 1. The Morgan fingerprint density at radius 1 is 1.17 bits per heavy atom. The highest BCUT2D eigenvalue weighted by molar-refractivity contribution is 6.22. The summed E-state index contributed by atoms with van der Waals surface area (Å²) in [5, 5.41) is 2.74. The van der Waals surface area contributed by atoms with Crippen LogP contribution < -0.4 is 11.1 Å². The second-order valence-electron chi connectivity index (χ2n) is 6.92. The minimum absolute atomic E-state index is 0. The molecule has 1 unspecified atom stereocenters.